The van der Waals surface area contributed by atoms with Gasteiger partial charge in [0.05, 0.1) is 11.0 Å². The third-order valence-electron chi connectivity index (χ3n) is 5.90. The Hall–Kier alpha value is -3.36. The summed E-state index contributed by atoms with van der Waals surface area (Å²) in [6.45, 7) is 0.344. The van der Waals surface area contributed by atoms with Crippen LogP contribution in [0.5, 0.6) is 0 Å². The molecule has 1 saturated heterocycles. The lowest BCUT2D eigenvalue weighted by molar-refractivity contribution is -0.148. The summed E-state index contributed by atoms with van der Waals surface area (Å²) >= 11 is 0. The van der Waals surface area contributed by atoms with E-state index in [-0.39, 0.29) is 23.0 Å². The number of benzene rings is 2. The number of amides is 2. The number of alkyl halides is 3. The molecule has 2 aromatic carbocycles. The van der Waals surface area contributed by atoms with Crippen LogP contribution in [0.1, 0.15) is 30.7 Å². The highest BCUT2D eigenvalue weighted by Crippen LogP contribution is 2.31. The lowest BCUT2D eigenvalue weighted by Gasteiger charge is -2.32. The predicted molar refractivity (Wildman–Crippen MR) is 117 cm³/mol. The van der Waals surface area contributed by atoms with Gasteiger partial charge in [-0.3, -0.25) is 9.59 Å². The van der Waals surface area contributed by atoms with Gasteiger partial charge in [-0.2, -0.15) is 13.2 Å². The molecule has 2 amide bonds. The standard InChI is InChI=1S/C24H25F3N4O2/c25-24(26,27)23-29-19-8-4-5-9-20(19)31(23)16-22(33)30-14-12-18(13-15-30)28-21(32)11-10-17-6-2-1-3-7-17/h1-9,18H,10-16H2,(H,28,32). The van der Waals surface area contributed by atoms with Crippen molar-refractivity contribution in [3.63, 3.8) is 0 Å². The van der Waals surface area contributed by atoms with Crippen molar-refractivity contribution in [1.82, 2.24) is 19.8 Å². The number of nitrogens with one attached hydrogen (secondary N) is 1. The van der Waals surface area contributed by atoms with Crippen molar-refractivity contribution in [2.75, 3.05) is 13.1 Å². The van der Waals surface area contributed by atoms with Crippen molar-refractivity contribution < 1.29 is 22.8 Å². The summed E-state index contributed by atoms with van der Waals surface area (Å²) in [5.41, 5.74) is 1.58. The molecule has 4 rings (SSSR count). The molecular formula is C24H25F3N4O2. The number of halogens is 3. The molecule has 0 unspecified atom stereocenters. The summed E-state index contributed by atoms with van der Waals surface area (Å²) in [7, 11) is 0. The largest absolute Gasteiger partial charge is 0.449 e. The molecule has 0 atom stereocenters. The molecular weight excluding hydrogens is 433 g/mol. The minimum Gasteiger partial charge on any atom is -0.353 e. The van der Waals surface area contributed by atoms with Crippen LogP contribution in [0.15, 0.2) is 54.6 Å². The Morgan fingerprint density at radius 3 is 2.36 bits per heavy atom. The quantitative estimate of drug-likeness (QED) is 0.611. The van der Waals surface area contributed by atoms with Gasteiger partial charge in [0, 0.05) is 25.6 Å². The van der Waals surface area contributed by atoms with Gasteiger partial charge < -0.3 is 14.8 Å². The van der Waals surface area contributed by atoms with Crippen molar-refractivity contribution >= 4 is 22.8 Å². The van der Waals surface area contributed by atoms with Crippen LogP contribution in [0.3, 0.4) is 0 Å². The summed E-state index contributed by atoms with van der Waals surface area (Å²) in [6.07, 6.45) is -2.48. The zero-order valence-corrected chi connectivity index (χ0v) is 18.0. The van der Waals surface area contributed by atoms with Gasteiger partial charge in [-0.05, 0) is 37.0 Å². The Bertz CT molecular complexity index is 1120. The Labute approximate surface area is 189 Å². The number of aryl methyl sites for hydroxylation is 1. The zero-order chi connectivity index (χ0) is 23.4. The highest BCUT2D eigenvalue weighted by molar-refractivity contribution is 5.81. The summed E-state index contributed by atoms with van der Waals surface area (Å²) < 4.78 is 41.4. The number of piperidine rings is 1. The number of carbonyl (C=O) groups excluding carboxylic acids is 2. The van der Waals surface area contributed by atoms with E-state index in [1.165, 1.54) is 12.1 Å². The Morgan fingerprint density at radius 2 is 1.67 bits per heavy atom. The molecule has 0 aliphatic carbocycles. The fourth-order valence-electron chi connectivity index (χ4n) is 4.16. The summed E-state index contributed by atoms with van der Waals surface area (Å²) in [5, 5.41) is 3.01. The molecule has 0 saturated carbocycles. The van der Waals surface area contributed by atoms with Gasteiger partial charge in [0.25, 0.3) is 0 Å². The van der Waals surface area contributed by atoms with Gasteiger partial charge in [-0.25, -0.2) is 4.98 Å². The number of hydrogen-bond donors (Lipinski definition) is 1. The van der Waals surface area contributed by atoms with Crippen LogP contribution < -0.4 is 5.32 Å². The lowest BCUT2D eigenvalue weighted by atomic mass is 10.0. The number of para-hydroxylation sites is 2. The van der Waals surface area contributed by atoms with Crippen LogP contribution in [-0.2, 0) is 28.7 Å². The normalized spacial score (nSPS) is 15.1. The average Bonchev–Trinajstić information content (AvgIpc) is 3.18. The van der Waals surface area contributed by atoms with Crippen molar-refractivity contribution in [2.45, 2.75) is 44.4 Å². The molecule has 6 nitrogen and oxygen atoms in total. The first-order valence-electron chi connectivity index (χ1n) is 10.9. The van der Waals surface area contributed by atoms with E-state index in [4.69, 9.17) is 0 Å². The number of hydrogen-bond acceptors (Lipinski definition) is 3. The number of imidazole rings is 1. The topological polar surface area (TPSA) is 67.2 Å². The van der Waals surface area contributed by atoms with E-state index in [2.05, 4.69) is 10.3 Å². The molecule has 33 heavy (non-hydrogen) atoms. The van der Waals surface area contributed by atoms with E-state index in [0.717, 1.165) is 10.1 Å². The summed E-state index contributed by atoms with van der Waals surface area (Å²) in [5.74, 6) is -1.50. The fourth-order valence-corrected chi connectivity index (χ4v) is 4.16. The zero-order valence-electron chi connectivity index (χ0n) is 18.0. The van der Waals surface area contributed by atoms with E-state index in [1.807, 2.05) is 30.3 Å². The molecule has 0 radical (unpaired) electrons. The number of aromatic nitrogens is 2. The number of rotatable bonds is 6. The highest BCUT2D eigenvalue weighted by Gasteiger charge is 2.38. The van der Waals surface area contributed by atoms with E-state index < -0.39 is 24.5 Å². The highest BCUT2D eigenvalue weighted by atomic mass is 19.4. The van der Waals surface area contributed by atoms with Gasteiger partial charge in [-0.15, -0.1) is 0 Å². The maximum absolute atomic E-state index is 13.5. The average molecular weight is 458 g/mol. The van der Waals surface area contributed by atoms with Gasteiger partial charge in [0.2, 0.25) is 17.6 Å². The predicted octanol–water partition coefficient (Wildman–Crippen LogP) is 3.80. The molecule has 2 heterocycles. The van der Waals surface area contributed by atoms with Crippen molar-refractivity contribution in [1.29, 1.82) is 0 Å². The first kappa shape index (κ1) is 22.8. The molecule has 1 aliphatic rings. The van der Waals surface area contributed by atoms with Crippen molar-refractivity contribution in [3.8, 4) is 0 Å². The maximum atomic E-state index is 13.5. The number of fused-ring (bicyclic) bond motifs is 1. The van der Waals surface area contributed by atoms with Crippen LogP contribution in [-0.4, -0.2) is 45.4 Å². The van der Waals surface area contributed by atoms with E-state index in [1.54, 1.807) is 17.0 Å². The maximum Gasteiger partial charge on any atom is 0.449 e. The second-order valence-corrected chi connectivity index (χ2v) is 8.22. The minimum atomic E-state index is -4.66. The van der Waals surface area contributed by atoms with Gasteiger partial charge >= 0.3 is 6.18 Å². The molecule has 3 aromatic rings. The fraction of sp³-hybridized carbons (Fsp3) is 0.375. The molecule has 9 heteroatoms. The Morgan fingerprint density at radius 1 is 1.00 bits per heavy atom. The molecule has 1 fully saturated rings. The number of carbonyl (C=O) groups is 2. The van der Waals surface area contributed by atoms with Crippen LogP contribution in [0.4, 0.5) is 13.2 Å². The Balaban J connectivity index is 1.31. The van der Waals surface area contributed by atoms with E-state index >= 15 is 0 Å². The second kappa shape index (κ2) is 9.64. The van der Waals surface area contributed by atoms with Gasteiger partial charge in [0.15, 0.2) is 0 Å². The molecule has 0 spiro atoms. The summed E-state index contributed by atoms with van der Waals surface area (Å²) in [4.78, 5) is 30.3. The monoisotopic (exact) mass is 458 g/mol. The van der Waals surface area contributed by atoms with Crippen LogP contribution >= 0.6 is 0 Å². The van der Waals surface area contributed by atoms with Crippen molar-refractivity contribution in [2.24, 2.45) is 0 Å². The summed E-state index contributed by atoms with van der Waals surface area (Å²) in [6, 6.07) is 16.0. The lowest BCUT2D eigenvalue weighted by Crippen LogP contribution is -2.47. The SMILES string of the molecule is O=C(CCc1ccccc1)NC1CCN(C(=O)Cn2c(C(F)(F)F)nc3ccccc32)CC1. The number of likely N-dealkylation sites (tertiary alicyclic amines) is 1. The molecule has 1 N–H and O–H groups in total. The third-order valence-corrected chi connectivity index (χ3v) is 5.90. The van der Waals surface area contributed by atoms with E-state index in [0.29, 0.717) is 38.8 Å². The molecule has 174 valence electrons. The number of nitrogens with zero attached hydrogens (tertiary/aromatic N) is 3. The minimum absolute atomic E-state index is 0.0386. The van der Waals surface area contributed by atoms with Gasteiger partial charge in [0.1, 0.15) is 6.54 Å². The van der Waals surface area contributed by atoms with E-state index in [9.17, 15) is 22.8 Å². The first-order chi connectivity index (χ1) is 15.8. The third kappa shape index (κ3) is 5.53. The van der Waals surface area contributed by atoms with Crippen LogP contribution in [0.2, 0.25) is 0 Å². The first-order valence-corrected chi connectivity index (χ1v) is 10.9. The van der Waals surface area contributed by atoms with Crippen LogP contribution in [0.25, 0.3) is 11.0 Å². The molecule has 1 aromatic heterocycles. The molecule has 1 aliphatic heterocycles. The van der Waals surface area contributed by atoms with Crippen LogP contribution in [0, 0.1) is 0 Å². The van der Waals surface area contributed by atoms with Gasteiger partial charge in [-0.1, -0.05) is 42.5 Å². The second-order valence-electron chi connectivity index (χ2n) is 8.22. The Kier molecular flexibility index (Phi) is 6.67. The smallest absolute Gasteiger partial charge is 0.353 e. The molecule has 0 bridgehead atoms. The van der Waals surface area contributed by atoms with Crippen molar-refractivity contribution in [3.05, 3.63) is 66.0 Å².